The Morgan fingerprint density at radius 1 is 0.905 bits per heavy atom. The van der Waals surface area contributed by atoms with Crippen molar-refractivity contribution in [2.75, 3.05) is 21.3 Å². The van der Waals surface area contributed by atoms with Gasteiger partial charge in [-0.2, -0.15) is 0 Å². The molecule has 1 aromatic carbocycles. The van der Waals surface area contributed by atoms with Crippen molar-refractivity contribution in [1.29, 1.82) is 0 Å². The molecular weight excluding hydrogens is 272 g/mol. The molecule has 0 fully saturated rings. The highest BCUT2D eigenvalue weighted by atomic mass is 16.5. The summed E-state index contributed by atoms with van der Waals surface area (Å²) in [7, 11) is 4.65. The fraction of sp³-hybridized carbons (Fsp3) is 0.188. The maximum absolute atomic E-state index is 11.3. The van der Waals surface area contributed by atoms with Gasteiger partial charge in [-0.3, -0.25) is 0 Å². The van der Waals surface area contributed by atoms with Crippen molar-refractivity contribution in [2.24, 2.45) is 0 Å². The van der Waals surface area contributed by atoms with Gasteiger partial charge in [0, 0.05) is 6.07 Å². The van der Waals surface area contributed by atoms with Crippen molar-refractivity contribution in [3.05, 3.63) is 52.1 Å². The van der Waals surface area contributed by atoms with Crippen molar-refractivity contribution < 1.29 is 18.6 Å². The largest absolute Gasteiger partial charge is 0.496 e. The zero-order valence-corrected chi connectivity index (χ0v) is 12.1. The lowest BCUT2D eigenvalue weighted by Crippen LogP contribution is -1.98. The lowest BCUT2D eigenvalue weighted by atomic mass is 10.1. The van der Waals surface area contributed by atoms with E-state index in [-0.39, 0.29) is 0 Å². The van der Waals surface area contributed by atoms with E-state index >= 15 is 0 Å². The maximum Gasteiger partial charge on any atom is 0.339 e. The van der Waals surface area contributed by atoms with Crippen LogP contribution in [-0.2, 0) is 0 Å². The van der Waals surface area contributed by atoms with E-state index in [9.17, 15) is 4.79 Å². The molecule has 0 saturated carbocycles. The summed E-state index contributed by atoms with van der Waals surface area (Å²) in [6.07, 6.45) is 3.49. The summed E-state index contributed by atoms with van der Waals surface area (Å²) in [5, 5.41) is 0. The van der Waals surface area contributed by atoms with Gasteiger partial charge in [-0.25, -0.2) is 4.79 Å². The van der Waals surface area contributed by atoms with E-state index in [4.69, 9.17) is 18.6 Å². The van der Waals surface area contributed by atoms with Crippen LogP contribution in [0.15, 0.2) is 39.5 Å². The Balaban J connectivity index is 2.29. The zero-order chi connectivity index (χ0) is 15.2. The number of benzene rings is 1. The van der Waals surface area contributed by atoms with Crippen LogP contribution in [0.25, 0.3) is 12.2 Å². The summed E-state index contributed by atoms with van der Waals surface area (Å²) in [6.45, 7) is 0. The molecule has 2 aromatic rings. The van der Waals surface area contributed by atoms with Gasteiger partial charge in [-0.05, 0) is 23.8 Å². The Bertz CT molecular complexity index is 700. The number of hydrogen-bond donors (Lipinski definition) is 0. The predicted octanol–water partition coefficient (Wildman–Crippen LogP) is 2.84. The van der Waals surface area contributed by atoms with E-state index in [0.29, 0.717) is 23.0 Å². The third kappa shape index (κ3) is 3.66. The quantitative estimate of drug-likeness (QED) is 0.846. The Morgan fingerprint density at radius 3 is 2.33 bits per heavy atom. The average Bonchev–Trinajstić information content (AvgIpc) is 2.52. The zero-order valence-electron chi connectivity index (χ0n) is 12.1. The van der Waals surface area contributed by atoms with Crippen LogP contribution in [0.2, 0.25) is 0 Å². The first-order valence-corrected chi connectivity index (χ1v) is 6.25. The van der Waals surface area contributed by atoms with Gasteiger partial charge < -0.3 is 18.6 Å². The summed E-state index contributed by atoms with van der Waals surface area (Å²) in [5.74, 6) is 2.15. The van der Waals surface area contributed by atoms with Gasteiger partial charge in [0.25, 0.3) is 0 Å². The molecule has 0 unspecified atom stereocenters. The van der Waals surface area contributed by atoms with Crippen molar-refractivity contribution in [1.82, 2.24) is 0 Å². The molecule has 0 spiro atoms. The lowest BCUT2D eigenvalue weighted by molar-refractivity contribution is 0.355. The van der Waals surface area contributed by atoms with Crippen LogP contribution in [0.3, 0.4) is 0 Å². The van der Waals surface area contributed by atoms with Gasteiger partial charge in [0.05, 0.1) is 27.4 Å². The number of hydrogen-bond acceptors (Lipinski definition) is 5. The maximum atomic E-state index is 11.3. The summed E-state index contributed by atoms with van der Waals surface area (Å²) in [5.41, 5.74) is 0.430. The molecule has 0 aliphatic rings. The fourth-order valence-corrected chi connectivity index (χ4v) is 1.81. The third-order valence-corrected chi connectivity index (χ3v) is 2.85. The van der Waals surface area contributed by atoms with Crippen LogP contribution >= 0.6 is 0 Å². The molecule has 0 saturated heterocycles. The molecule has 0 N–H and O–H groups in total. The smallest absolute Gasteiger partial charge is 0.339 e. The van der Waals surface area contributed by atoms with Crippen molar-refractivity contribution in [2.45, 2.75) is 0 Å². The van der Waals surface area contributed by atoms with Crippen LogP contribution in [0, 0.1) is 0 Å². The van der Waals surface area contributed by atoms with Gasteiger partial charge in [0.15, 0.2) is 11.5 Å². The molecular formula is C16H16O5. The van der Waals surface area contributed by atoms with Gasteiger partial charge in [-0.1, -0.05) is 12.1 Å². The predicted molar refractivity (Wildman–Crippen MR) is 80.0 cm³/mol. The van der Waals surface area contributed by atoms with E-state index in [1.807, 2.05) is 12.1 Å². The number of ether oxygens (including phenoxy) is 3. The Morgan fingerprint density at radius 2 is 1.67 bits per heavy atom. The molecule has 0 aliphatic carbocycles. The number of rotatable bonds is 5. The second-order valence-electron chi connectivity index (χ2n) is 4.17. The average molecular weight is 288 g/mol. The molecule has 0 radical (unpaired) electrons. The first-order chi connectivity index (χ1) is 10.2. The van der Waals surface area contributed by atoms with E-state index in [1.165, 1.54) is 13.2 Å². The van der Waals surface area contributed by atoms with E-state index in [2.05, 4.69) is 0 Å². The molecule has 0 bridgehead atoms. The second-order valence-corrected chi connectivity index (χ2v) is 4.17. The molecule has 1 heterocycles. The third-order valence-electron chi connectivity index (χ3n) is 2.85. The Kier molecular flexibility index (Phi) is 4.66. The monoisotopic (exact) mass is 288 g/mol. The van der Waals surface area contributed by atoms with Crippen LogP contribution in [-0.4, -0.2) is 21.3 Å². The highest BCUT2D eigenvalue weighted by molar-refractivity contribution is 5.69. The van der Waals surface area contributed by atoms with Crippen LogP contribution in [0.5, 0.6) is 17.2 Å². The van der Waals surface area contributed by atoms with E-state index in [1.54, 1.807) is 38.5 Å². The Hall–Kier alpha value is -2.69. The second kappa shape index (κ2) is 6.65. The summed E-state index contributed by atoms with van der Waals surface area (Å²) >= 11 is 0. The molecule has 5 heteroatoms. The SMILES string of the molecule is COc1cc(C=Cc2ccc(OC)c(OC)c2)oc(=O)c1. The van der Waals surface area contributed by atoms with Crippen molar-refractivity contribution in [3.8, 4) is 17.2 Å². The van der Waals surface area contributed by atoms with Crippen molar-refractivity contribution >= 4 is 12.2 Å². The standard InChI is InChI=1S/C16H16O5/c1-18-13-9-12(21-16(17)10-13)6-4-11-5-7-14(19-2)15(8-11)20-3/h4-10H,1-3H3. The normalized spacial score (nSPS) is 10.6. The highest BCUT2D eigenvalue weighted by Gasteiger charge is 2.03. The van der Waals surface area contributed by atoms with E-state index in [0.717, 1.165) is 5.56 Å². The van der Waals surface area contributed by atoms with Gasteiger partial charge in [0.1, 0.15) is 11.5 Å². The topological polar surface area (TPSA) is 57.9 Å². The summed E-state index contributed by atoms with van der Waals surface area (Å²) in [4.78, 5) is 11.3. The van der Waals surface area contributed by atoms with Gasteiger partial charge in [0.2, 0.25) is 0 Å². The lowest BCUT2D eigenvalue weighted by Gasteiger charge is -2.07. The molecule has 0 amide bonds. The molecule has 21 heavy (non-hydrogen) atoms. The summed E-state index contributed by atoms with van der Waals surface area (Å²) in [6, 6.07) is 8.43. The van der Waals surface area contributed by atoms with Crippen LogP contribution in [0.4, 0.5) is 0 Å². The highest BCUT2D eigenvalue weighted by Crippen LogP contribution is 2.28. The first kappa shape index (κ1) is 14.7. The minimum absolute atomic E-state index is 0.411. The first-order valence-electron chi connectivity index (χ1n) is 6.25. The summed E-state index contributed by atoms with van der Waals surface area (Å²) < 4.78 is 20.5. The van der Waals surface area contributed by atoms with Gasteiger partial charge >= 0.3 is 5.63 Å². The minimum atomic E-state index is -0.457. The van der Waals surface area contributed by atoms with Crippen molar-refractivity contribution in [3.63, 3.8) is 0 Å². The molecule has 5 nitrogen and oxygen atoms in total. The van der Waals surface area contributed by atoms with E-state index < -0.39 is 5.63 Å². The van der Waals surface area contributed by atoms with Gasteiger partial charge in [-0.15, -0.1) is 0 Å². The molecule has 0 aliphatic heterocycles. The molecule has 0 atom stereocenters. The van der Waals surface area contributed by atoms with Crippen LogP contribution < -0.4 is 19.8 Å². The minimum Gasteiger partial charge on any atom is -0.496 e. The molecule has 110 valence electrons. The number of methoxy groups -OCH3 is 3. The van der Waals surface area contributed by atoms with Crippen LogP contribution in [0.1, 0.15) is 11.3 Å². The molecule has 2 rings (SSSR count). The molecule has 1 aromatic heterocycles. The Labute approximate surface area is 122 Å². The fourth-order valence-electron chi connectivity index (χ4n) is 1.81.